The molecular weight excluding hydrogens is 214 g/mol. The van der Waals surface area contributed by atoms with Crippen molar-refractivity contribution in [3.63, 3.8) is 0 Å². The Morgan fingerprint density at radius 1 is 1.47 bits per heavy atom. The highest BCUT2D eigenvalue weighted by molar-refractivity contribution is 5.80. The van der Waals surface area contributed by atoms with Crippen LogP contribution >= 0.6 is 0 Å². The van der Waals surface area contributed by atoms with E-state index in [1.54, 1.807) is 12.4 Å². The molecule has 1 aliphatic rings. The van der Waals surface area contributed by atoms with Crippen LogP contribution in [0.4, 0.5) is 0 Å². The number of aromatic nitrogens is 1. The highest BCUT2D eigenvalue weighted by atomic mass is 16.2. The lowest BCUT2D eigenvalue weighted by molar-refractivity contribution is -0.125. The normalized spacial score (nSPS) is 25.5. The molecule has 1 saturated carbocycles. The van der Waals surface area contributed by atoms with Gasteiger partial charge in [-0.05, 0) is 37.5 Å². The molecule has 0 aliphatic heterocycles. The Kier molecular flexibility index (Phi) is 3.74. The molecule has 0 aromatic carbocycles. The highest BCUT2D eigenvalue weighted by Crippen LogP contribution is 2.25. The largest absolute Gasteiger partial charge is 0.349 e. The van der Waals surface area contributed by atoms with Crippen molar-refractivity contribution in [2.75, 3.05) is 0 Å². The molecule has 3 atom stereocenters. The molecule has 0 spiro atoms. The first-order chi connectivity index (χ1) is 8.18. The van der Waals surface area contributed by atoms with Crippen molar-refractivity contribution in [1.82, 2.24) is 10.3 Å². The molecule has 0 radical (unpaired) electrons. The van der Waals surface area contributed by atoms with E-state index < -0.39 is 0 Å². The van der Waals surface area contributed by atoms with Crippen LogP contribution in [0.1, 0.15) is 37.8 Å². The number of hydrogen-bond acceptors (Lipinski definition) is 3. The van der Waals surface area contributed by atoms with Gasteiger partial charge >= 0.3 is 0 Å². The minimum Gasteiger partial charge on any atom is -0.349 e. The van der Waals surface area contributed by atoms with Gasteiger partial charge in [0.1, 0.15) is 0 Å². The maximum absolute atomic E-state index is 12.0. The van der Waals surface area contributed by atoms with Gasteiger partial charge in [0, 0.05) is 18.4 Å². The SMILES string of the molecule is C[C@H](NC(=O)C1CCCC1N)c1ccncc1. The lowest BCUT2D eigenvalue weighted by atomic mass is 10.0. The van der Waals surface area contributed by atoms with Crippen molar-refractivity contribution in [3.05, 3.63) is 30.1 Å². The molecule has 1 aromatic heterocycles. The fourth-order valence-corrected chi connectivity index (χ4v) is 2.37. The maximum Gasteiger partial charge on any atom is 0.225 e. The van der Waals surface area contributed by atoms with Crippen molar-refractivity contribution >= 4 is 5.91 Å². The van der Waals surface area contributed by atoms with E-state index in [-0.39, 0.29) is 23.9 Å². The smallest absolute Gasteiger partial charge is 0.225 e. The minimum absolute atomic E-state index is 0.0123. The molecule has 0 saturated heterocycles. The van der Waals surface area contributed by atoms with E-state index in [2.05, 4.69) is 10.3 Å². The lowest BCUT2D eigenvalue weighted by Crippen LogP contribution is -2.39. The van der Waals surface area contributed by atoms with Crippen LogP contribution in [-0.4, -0.2) is 16.9 Å². The first-order valence-electron chi connectivity index (χ1n) is 6.14. The van der Waals surface area contributed by atoms with Gasteiger partial charge in [0.05, 0.1) is 12.0 Å². The molecule has 1 fully saturated rings. The summed E-state index contributed by atoms with van der Waals surface area (Å²) in [6.07, 6.45) is 6.40. The summed E-state index contributed by atoms with van der Waals surface area (Å²) in [7, 11) is 0. The predicted octanol–water partition coefficient (Wildman–Crippen LogP) is 1.39. The Morgan fingerprint density at radius 3 is 2.76 bits per heavy atom. The minimum atomic E-state index is -0.0145. The third-order valence-electron chi connectivity index (χ3n) is 3.47. The van der Waals surface area contributed by atoms with Crippen LogP contribution in [0.2, 0.25) is 0 Å². The number of carbonyl (C=O) groups is 1. The van der Waals surface area contributed by atoms with Gasteiger partial charge in [-0.1, -0.05) is 6.42 Å². The number of rotatable bonds is 3. The molecule has 4 heteroatoms. The summed E-state index contributed by atoms with van der Waals surface area (Å²) in [5.74, 6) is 0.0681. The van der Waals surface area contributed by atoms with E-state index in [1.165, 1.54) is 0 Å². The summed E-state index contributed by atoms with van der Waals surface area (Å²) < 4.78 is 0. The van der Waals surface area contributed by atoms with E-state index in [0.717, 1.165) is 24.8 Å². The molecule has 1 amide bonds. The van der Waals surface area contributed by atoms with Gasteiger partial charge in [0.15, 0.2) is 0 Å². The number of amides is 1. The van der Waals surface area contributed by atoms with Gasteiger partial charge < -0.3 is 11.1 Å². The zero-order valence-corrected chi connectivity index (χ0v) is 10.1. The number of nitrogens with zero attached hydrogens (tertiary/aromatic N) is 1. The standard InChI is InChI=1S/C13H19N3O/c1-9(10-5-7-15-8-6-10)16-13(17)11-3-2-4-12(11)14/h5-9,11-12H,2-4,14H2,1H3,(H,16,17)/t9-,11?,12?/m0/s1. The average Bonchev–Trinajstić information content (AvgIpc) is 2.76. The number of nitrogens with two attached hydrogens (primary N) is 1. The maximum atomic E-state index is 12.0. The fourth-order valence-electron chi connectivity index (χ4n) is 2.37. The average molecular weight is 233 g/mol. The van der Waals surface area contributed by atoms with Crippen LogP contribution in [0.25, 0.3) is 0 Å². The third kappa shape index (κ3) is 2.82. The summed E-state index contributed by atoms with van der Waals surface area (Å²) in [5.41, 5.74) is 6.99. The Morgan fingerprint density at radius 2 is 2.18 bits per heavy atom. The number of hydrogen-bond donors (Lipinski definition) is 2. The molecule has 2 rings (SSSR count). The lowest BCUT2D eigenvalue weighted by Gasteiger charge is -2.19. The van der Waals surface area contributed by atoms with E-state index in [4.69, 9.17) is 5.73 Å². The Balaban J connectivity index is 1.95. The summed E-state index contributed by atoms with van der Waals surface area (Å²) in [6.45, 7) is 1.98. The predicted molar refractivity (Wildman–Crippen MR) is 66.1 cm³/mol. The first kappa shape index (κ1) is 12.0. The van der Waals surface area contributed by atoms with Crippen LogP contribution < -0.4 is 11.1 Å². The number of nitrogens with one attached hydrogen (secondary N) is 1. The fraction of sp³-hybridized carbons (Fsp3) is 0.538. The van der Waals surface area contributed by atoms with Crippen molar-refractivity contribution in [3.8, 4) is 0 Å². The molecule has 1 aliphatic carbocycles. The number of carbonyl (C=O) groups excluding carboxylic acids is 1. The number of pyridine rings is 1. The second-order valence-corrected chi connectivity index (χ2v) is 4.71. The zero-order valence-electron chi connectivity index (χ0n) is 10.1. The van der Waals surface area contributed by atoms with Gasteiger partial charge in [-0.3, -0.25) is 9.78 Å². The molecule has 17 heavy (non-hydrogen) atoms. The third-order valence-corrected chi connectivity index (χ3v) is 3.47. The van der Waals surface area contributed by atoms with Crippen molar-refractivity contribution in [2.24, 2.45) is 11.7 Å². The monoisotopic (exact) mass is 233 g/mol. The Bertz CT molecular complexity index is 380. The summed E-state index contributed by atoms with van der Waals surface area (Å²) in [4.78, 5) is 16.0. The van der Waals surface area contributed by atoms with Crippen LogP contribution in [0.3, 0.4) is 0 Å². The van der Waals surface area contributed by atoms with Gasteiger partial charge in [-0.25, -0.2) is 0 Å². The van der Waals surface area contributed by atoms with Gasteiger partial charge in [-0.2, -0.15) is 0 Å². The summed E-state index contributed by atoms with van der Waals surface area (Å²) in [6, 6.07) is 3.87. The van der Waals surface area contributed by atoms with E-state index in [1.807, 2.05) is 19.1 Å². The van der Waals surface area contributed by atoms with Crippen molar-refractivity contribution < 1.29 is 4.79 Å². The van der Waals surface area contributed by atoms with Gasteiger partial charge in [0.2, 0.25) is 5.91 Å². The second-order valence-electron chi connectivity index (χ2n) is 4.71. The van der Waals surface area contributed by atoms with E-state index in [9.17, 15) is 4.79 Å². The Labute approximate surface area is 102 Å². The summed E-state index contributed by atoms with van der Waals surface area (Å²) >= 11 is 0. The van der Waals surface area contributed by atoms with Crippen LogP contribution in [0.15, 0.2) is 24.5 Å². The quantitative estimate of drug-likeness (QED) is 0.829. The summed E-state index contributed by atoms with van der Waals surface area (Å²) in [5, 5.41) is 3.02. The molecule has 1 aromatic rings. The molecule has 1 heterocycles. The van der Waals surface area contributed by atoms with Crippen LogP contribution in [-0.2, 0) is 4.79 Å². The van der Waals surface area contributed by atoms with Gasteiger partial charge in [0.25, 0.3) is 0 Å². The highest BCUT2D eigenvalue weighted by Gasteiger charge is 2.30. The molecule has 4 nitrogen and oxygen atoms in total. The van der Waals surface area contributed by atoms with Crippen molar-refractivity contribution in [2.45, 2.75) is 38.3 Å². The molecule has 3 N–H and O–H groups in total. The molecule has 0 bridgehead atoms. The zero-order chi connectivity index (χ0) is 12.3. The van der Waals surface area contributed by atoms with E-state index in [0.29, 0.717) is 0 Å². The topological polar surface area (TPSA) is 68.0 Å². The van der Waals surface area contributed by atoms with Crippen molar-refractivity contribution in [1.29, 1.82) is 0 Å². The first-order valence-corrected chi connectivity index (χ1v) is 6.14. The van der Waals surface area contributed by atoms with Crippen LogP contribution in [0.5, 0.6) is 0 Å². The molecule has 2 unspecified atom stereocenters. The molecule has 92 valence electrons. The van der Waals surface area contributed by atoms with Gasteiger partial charge in [-0.15, -0.1) is 0 Å². The van der Waals surface area contributed by atoms with E-state index >= 15 is 0 Å². The van der Waals surface area contributed by atoms with Crippen LogP contribution in [0, 0.1) is 5.92 Å². The molecular formula is C13H19N3O. The second kappa shape index (κ2) is 5.27. The Hall–Kier alpha value is -1.42.